The van der Waals surface area contributed by atoms with Crippen molar-refractivity contribution in [1.82, 2.24) is 4.90 Å². The van der Waals surface area contributed by atoms with Gasteiger partial charge in [-0.2, -0.15) is 0 Å². The number of piperidine rings is 1. The standard InChI is InChI=1S/C15H21NO3S/c1-18-11-15-6-3-8-19-13(15)5-7-16(10-15)14(17)12-4-2-9-20-12/h2,4,9,13H,3,5-8,10-11H2,1H3/t13-,15-/m0/s1. The molecule has 20 heavy (non-hydrogen) atoms. The predicted molar refractivity (Wildman–Crippen MR) is 78.1 cm³/mol. The van der Waals surface area contributed by atoms with Crippen molar-refractivity contribution < 1.29 is 14.3 Å². The van der Waals surface area contributed by atoms with Gasteiger partial charge in [0.2, 0.25) is 0 Å². The van der Waals surface area contributed by atoms with Gasteiger partial charge in [0.1, 0.15) is 0 Å². The first-order chi connectivity index (χ1) is 9.75. The van der Waals surface area contributed by atoms with Gasteiger partial charge < -0.3 is 14.4 Å². The molecule has 1 amide bonds. The molecule has 1 aromatic heterocycles. The van der Waals surface area contributed by atoms with E-state index in [2.05, 4.69) is 0 Å². The number of amides is 1. The van der Waals surface area contributed by atoms with Gasteiger partial charge in [0.05, 0.1) is 17.6 Å². The zero-order valence-electron chi connectivity index (χ0n) is 11.8. The lowest BCUT2D eigenvalue weighted by molar-refractivity contribution is -0.142. The van der Waals surface area contributed by atoms with E-state index in [1.165, 1.54) is 11.3 Å². The number of nitrogens with zero attached hydrogens (tertiary/aromatic N) is 1. The Morgan fingerprint density at radius 3 is 3.30 bits per heavy atom. The maximum absolute atomic E-state index is 12.5. The predicted octanol–water partition coefficient (Wildman–Crippen LogP) is 2.41. The molecule has 3 heterocycles. The molecule has 0 spiro atoms. The molecule has 0 aliphatic carbocycles. The average molecular weight is 295 g/mol. The zero-order valence-corrected chi connectivity index (χ0v) is 12.7. The summed E-state index contributed by atoms with van der Waals surface area (Å²) in [6, 6.07) is 3.83. The number of likely N-dealkylation sites (tertiary alicyclic amines) is 1. The molecule has 0 bridgehead atoms. The number of fused-ring (bicyclic) bond motifs is 1. The molecule has 0 radical (unpaired) electrons. The van der Waals surface area contributed by atoms with Gasteiger partial charge in [-0.25, -0.2) is 0 Å². The van der Waals surface area contributed by atoms with Gasteiger partial charge in [-0.3, -0.25) is 4.79 Å². The minimum atomic E-state index is -0.0157. The van der Waals surface area contributed by atoms with E-state index in [-0.39, 0.29) is 17.4 Å². The molecule has 1 aromatic rings. The lowest BCUT2D eigenvalue weighted by Crippen LogP contribution is -2.57. The van der Waals surface area contributed by atoms with E-state index in [9.17, 15) is 4.79 Å². The highest BCUT2D eigenvalue weighted by Gasteiger charge is 2.47. The second-order valence-electron chi connectivity index (χ2n) is 5.75. The topological polar surface area (TPSA) is 38.8 Å². The van der Waals surface area contributed by atoms with Crippen molar-refractivity contribution in [3.05, 3.63) is 22.4 Å². The number of hydrogen-bond acceptors (Lipinski definition) is 4. The van der Waals surface area contributed by atoms with Crippen LogP contribution in [-0.4, -0.2) is 50.3 Å². The monoisotopic (exact) mass is 295 g/mol. The minimum Gasteiger partial charge on any atom is -0.384 e. The van der Waals surface area contributed by atoms with Crippen molar-refractivity contribution in [3.8, 4) is 0 Å². The third-order valence-corrected chi connectivity index (χ3v) is 5.30. The molecule has 2 aliphatic heterocycles. The van der Waals surface area contributed by atoms with Crippen LogP contribution in [0.5, 0.6) is 0 Å². The van der Waals surface area contributed by atoms with E-state index < -0.39 is 0 Å². The van der Waals surface area contributed by atoms with Crippen molar-refractivity contribution in [1.29, 1.82) is 0 Å². The van der Waals surface area contributed by atoms with E-state index in [1.807, 2.05) is 22.4 Å². The summed E-state index contributed by atoms with van der Waals surface area (Å²) in [4.78, 5) is 15.3. The fraction of sp³-hybridized carbons (Fsp3) is 0.667. The second kappa shape index (κ2) is 5.84. The fourth-order valence-electron chi connectivity index (χ4n) is 3.52. The Balaban J connectivity index is 1.77. The van der Waals surface area contributed by atoms with Crippen LogP contribution in [0.3, 0.4) is 0 Å². The first kappa shape index (κ1) is 14.0. The van der Waals surface area contributed by atoms with Crippen molar-refractivity contribution in [2.45, 2.75) is 25.4 Å². The van der Waals surface area contributed by atoms with Crippen LogP contribution in [0.4, 0.5) is 0 Å². The van der Waals surface area contributed by atoms with Gasteiger partial charge in [0.25, 0.3) is 5.91 Å². The zero-order chi connectivity index (χ0) is 14.0. The third kappa shape index (κ3) is 2.50. The number of ether oxygens (including phenoxy) is 2. The van der Waals surface area contributed by atoms with E-state index in [0.717, 1.165) is 43.8 Å². The smallest absolute Gasteiger partial charge is 0.263 e. The Labute approximate surface area is 123 Å². The van der Waals surface area contributed by atoms with Crippen LogP contribution in [0.2, 0.25) is 0 Å². The Morgan fingerprint density at radius 1 is 1.65 bits per heavy atom. The first-order valence-corrected chi connectivity index (χ1v) is 8.06. The van der Waals surface area contributed by atoms with Crippen LogP contribution in [0, 0.1) is 5.41 Å². The summed E-state index contributed by atoms with van der Waals surface area (Å²) in [5.74, 6) is 0.152. The molecule has 0 unspecified atom stereocenters. The Kier molecular flexibility index (Phi) is 4.10. The maximum atomic E-state index is 12.5. The SMILES string of the molecule is COC[C@@]12CCCO[C@H]1CCN(C(=O)c1cccs1)C2. The molecule has 2 atom stereocenters. The third-order valence-electron chi connectivity index (χ3n) is 4.44. The molecule has 0 saturated carbocycles. The van der Waals surface area contributed by atoms with Crippen LogP contribution >= 0.6 is 11.3 Å². The number of rotatable bonds is 3. The summed E-state index contributed by atoms with van der Waals surface area (Å²) in [7, 11) is 1.74. The molecule has 3 rings (SSSR count). The van der Waals surface area contributed by atoms with E-state index in [1.54, 1.807) is 7.11 Å². The lowest BCUT2D eigenvalue weighted by atomic mass is 9.73. The molecular weight excluding hydrogens is 274 g/mol. The number of carbonyl (C=O) groups excluding carboxylic acids is 1. The van der Waals surface area contributed by atoms with Gasteiger partial charge in [-0.15, -0.1) is 11.3 Å². The Morgan fingerprint density at radius 2 is 2.55 bits per heavy atom. The molecule has 2 aliphatic rings. The summed E-state index contributed by atoms with van der Waals surface area (Å²) < 4.78 is 11.4. The van der Waals surface area contributed by atoms with Gasteiger partial charge in [0, 0.05) is 32.2 Å². The number of methoxy groups -OCH3 is 1. The Bertz CT molecular complexity index is 458. The van der Waals surface area contributed by atoms with E-state index >= 15 is 0 Å². The number of hydrogen-bond donors (Lipinski definition) is 0. The van der Waals surface area contributed by atoms with Crippen molar-refractivity contribution in [2.24, 2.45) is 5.41 Å². The highest BCUT2D eigenvalue weighted by atomic mass is 32.1. The van der Waals surface area contributed by atoms with Crippen LogP contribution in [0.25, 0.3) is 0 Å². The summed E-state index contributed by atoms with van der Waals surface area (Å²) in [6.45, 7) is 3.05. The van der Waals surface area contributed by atoms with Crippen molar-refractivity contribution in [2.75, 3.05) is 33.4 Å². The van der Waals surface area contributed by atoms with Crippen molar-refractivity contribution in [3.63, 3.8) is 0 Å². The van der Waals surface area contributed by atoms with Crippen LogP contribution in [0.1, 0.15) is 28.9 Å². The quantitative estimate of drug-likeness (QED) is 0.859. The molecule has 2 fully saturated rings. The van der Waals surface area contributed by atoms with Crippen LogP contribution < -0.4 is 0 Å². The summed E-state index contributed by atoms with van der Waals surface area (Å²) >= 11 is 1.51. The van der Waals surface area contributed by atoms with E-state index in [4.69, 9.17) is 9.47 Å². The van der Waals surface area contributed by atoms with Gasteiger partial charge in [0.15, 0.2) is 0 Å². The molecular formula is C15H21NO3S. The number of carbonyl (C=O) groups is 1. The van der Waals surface area contributed by atoms with E-state index in [0.29, 0.717) is 6.61 Å². The second-order valence-corrected chi connectivity index (χ2v) is 6.70. The van der Waals surface area contributed by atoms with Gasteiger partial charge in [-0.05, 0) is 30.7 Å². The average Bonchev–Trinajstić information content (AvgIpc) is 3.00. The van der Waals surface area contributed by atoms with Gasteiger partial charge >= 0.3 is 0 Å². The van der Waals surface area contributed by atoms with Gasteiger partial charge in [-0.1, -0.05) is 6.07 Å². The summed E-state index contributed by atoms with van der Waals surface area (Å²) in [5.41, 5.74) is -0.0157. The highest BCUT2D eigenvalue weighted by molar-refractivity contribution is 7.12. The fourth-order valence-corrected chi connectivity index (χ4v) is 4.21. The summed E-state index contributed by atoms with van der Waals surface area (Å²) in [6.07, 6.45) is 3.30. The van der Waals surface area contributed by atoms with Crippen molar-refractivity contribution >= 4 is 17.2 Å². The minimum absolute atomic E-state index is 0.0157. The highest BCUT2D eigenvalue weighted by Crippen LogP contribution is 2.40. The molecule has 5 heteroatoms. The Hall–Kier alpha value is -0.910. The molecule has 2 saturated heterocycles. The number of thiophene rings is 1. The van der Waals surface area contributed by atoms with Crippen LogP contribution in [0.15, 0.2) is 17.5 Å². The molecule has 110 valence electrons. The molecule has 0 N–H and O–H groups in total. The summed E-state index contributed by atoms with van der Waals surface area (Å²) in [5, 5.41) is 1.95. The normalized spacial score (nSPS) is 30.1. The van der Waals surface area contributed by atoms with Crippen LogP contribution in [-0.2, 0) is 9.47 Å². The molecule has 0 aromatic carbocycles. The first-order valence-electron chi connectivity index (χ1n) is 7.18. The largest absolute Gasteiger partial charge is 0.384 e. The maximum Gasteiger partial charge on any atom is 0.263 e. The molecule has 4 nitrogen and oxygen atoms in total. The lowest BCUT2D eigenvalue weighted by Gasteiger charge is -2.50.